The Kier molecular flexibility index (Phi) is 10.9. The van der Waals surface area contributed by atoms with Gasteiger partial charge in [0.05, 0.1) is 31.3 Å². The van der Waals surface area contributed by atoms with Crippen LogP contribution in [0.3, 0.4) is 0 Å². The number of carbonyl (C=O) groups is 1. The average molecular weight is 591 g/mol. The Balaban J connectivity index is 0.958. The number of carbonyl (C=O) groups excluding carboxylic acids is 1. The van der Waals surface area contributed by atoms with E-state index in [2.05, 4.69) is 39.5 Å². The summed E-state index contributed by atoms with van der Waals surface area (Å²) in [6, 6.07) is 15.0. The summed E-state index contributed by atoms with van der Waals surface area (Å²) in [5.41, 5.74) is 3.23. The third-order valence-electron chi connectivity index (χ3n) is 9.12. The van der Waals surface area contributed by atoms with Crippen LogP contribution >= 0.6 is 0 Å². The van der Waals surface area contributed by atoms with Gasteiger partial charge in [-0.1, -0.05) is 36.8 Å². The highest BCUT2D eigenvalue weighted by Gasteiger charge is 2.35. The highest BCUT2D eigenvalue weighted by atomic mass is 16.5. The number of pyridine rings is 1. The number of H-pyrrole nitrogens is 1. The van der Waals surface area contributed by atoms with E-state index in [0.29, 0.717) is 55.7 Å². The minimum atomic E-state index is -0.839. The summed E-state index contributed by atoms with van der Waals surface area (Å²) in [6.07, 6.45) is 4.58. The van der Waals surface area contributed by atoms with E-state index in [9.17, 15) is 19.8 Å². The van der Waals surface area contributed by atoms with Crippen molar-refractivity contribution in [1.82, 2.24) is 20.1 Å². The molecule has 9 nitrogen and oxygen atoms in total. The molecule has 1 unspecified atom stereocenters. The minimum Gasteiger partial charge on any atom is -0.506 e. The Labute approximate surface area is 253 Å². The van der Waals surface area contributed by atoms with Crippen molar-refractivity contribution in [2.75, 3.05) is 52.5 Å². The van der Waals surface area contributed by atoms with Gasteiger partial charge in [0, 0.05) is 57.3 Å². The van der Waals surface area contributed by atoms with Crippen molar-refractivity contribution < 1.29 is 19.7 Å². The molecule has 1 aromatic heterocycles. The fourth-order valence-electron chi connectivity index (χ4n) is 6.71. The van der Waals surface area contributed by atoms with Crippen molar-refractivity contribution in [2.24, 2.45) is 11.8 Å². The molecule has 2 fully saturated rings. The highest BCUT2D eigenvalue weighted by molar-refractivity contribution is 5.87. The number of rotatable bonds is 15. The molecule has 5 rings (SSSR count). The molecule has 0 radical (unpaired) electrons. The number of aromatic nitrogens is 1. The Morgan fingerprint density at radius 2 is 1.81 bits per heavy atom. The van der Waals surface area contributed by atoms with Crippen LogP contribution in [0.5, 0.6) is 5.75 Å². The van der Waals surface area contributed by atoms with Crippen molar-refractivity contribution in [2.45, 2.75) is 51.7 Å². The van der Waals surface area contributed by atoms with E-state index in [1.807, 2.05) is 6.92 Å². The second-order valence-electron chi connectivity index (χ2n) is 12.1. The molecule has 0 bridgehead atoms. The Morgan fingerprint density at radius 3 is 2.56 bits per heavy atom. The van der Waals surface area contributed by atoms with Crippen molar-refractivity contribution >= 4 is 16.8 Å². The summed E-state index contributed by atoms with van der Waals surface area (Å²) in [7, 11) is 0. The molecule has 2 aliphatic rings. The topological polar surface area (TPSA) is 118 Å². The van der Waals surface area contributed by atoms with Gasteiger partial charge >= 0.3 is 0 Å². The number of nitrogens with one attached hydrogen (secondary N) is 2. The van der Waals surface area contributed by atoms with Crippen molar-refractivity contribution in [3.8, 4) is 5.75 Å². The smallest absolute Gasteiger partial charge is 0.248 e. The van der Waals surface area contributed by atoms with Gasteiger partial charge in [0.2, 0.25) is 11.5 Å². The number of aromatic hydroxyl groups is 1. The van der Waals surface area contributed by atoms with E-state index in [4.69, 9.17) is 4.74 Å². The molecule has 0 spiro atoms. The molecule has 1 aliphatic carbocycles. The molecule has 2 aromatic carbocycles. The predicted molar refractivity (Wildman–Crippen MR) is 168 cm³/mol. The van der Waals surface area contributed by atoms with Gasteiger partial charge in [0.25, 0.3) is 0 Å². The van der Waals surface area contributed by atoms with Crippen LogP contribution in [0.2, 0.25) is 0 Å². The predicted octanol–water partition coefficient (Wildman–Crippen LogP) is 3.59. The Morgan fingerprint density at radius 1 is 1.07 bits per heavy atom. The summed E-state index contributed by atoms with van der Waals surface area (Å²) >= 11 is 0. The van der Waals surface area contributed by atoms with Gasteiger partial charge in [-0.3, -0.25) is 14.5 Å². The summed E-state index contributed by atoms with van der Waals surface area (Å²) in [5, 5.41) is 24.6. The molecule has 9 heteroatoms. The third kappa shape index (κ3) is 8.23. The van der Waals surface area contributed by atoms with Crippen LogP contribution in [-0.4, -0.2) is 83.4 Å². The first-order chi connectivity index (χ1) is 20.9. The summed E-state index contributed by atoms with van der Waals surface area (Å²) in [6.45, 7) is 8.44. The normalized spacial score (nSPS) is 19.1. The van der Waals surface area contributed by atoms with Crippen LogP contribution in [0.1, 0.15) is 55.4 Å². The number of ether oxygens (including phenoxy) is 1. The van der Waals surface area contributed by atoms with E-state index in [1.165, 1.54) is 55.6 Å². The molecule has 43 heavy (non-hydrogen) atoms. The molecule has 2 heterocycles. The largest absolute Gasteiger partial charge is 0.506 e. The molecule has 1 amide bonds. The van der Waals surface area contributed by atoms with E-state index < -0.39 is 6.10 Å². The van der Waals surface area contributed by atoms with E-state index in [0.717, 1.165) is 24.8 Å². The summed E-state index contributed by atoms with van der Waals surface area (Å²) < 4.78 is 5.80. The maximum Gasteiger partial charge on any atom is 0.248 e. The van der Waals surface area contributed by atoms with Crippen LogP contribution < -0.4 is 10.9 Å². The van der Waals surface area contributed by atoms with E-state index in [1.54, 1.807) is 17.0 Å². The Hall–Kier alpha value is -3.24. The van der Waals surface area contributed by atoms with Gasteiger partial charge in [-0.25, -0.2) is 0 Å². The quantitative estimate of drug-likeness (QED) is 0.200. The molecule has 3 atom stereocenters. The molecule has 1 saturated heterocycles. The zero-order valence-electron chi connectivity index (χ0n) is 25.3. The number of aromatic amines is 1. The molecular weight excluding hydrogens is 544 g/mol. The number of likely N-dealkylation sites (tertiary alicyclic amines) is 1. The maximum atomic E-state index is 12.7. The number of amides is 1. The molecule has 4 N–H and O–H groups in total. The fourth-order valence-corrected chi connectivity index (χ4v) is 6.71. The first kappa shape index (κ1) is 31.2. The molecule has 1 saturated carbocycles. The van der Waals surface area contributed by atoms with Crippen LogP contribution in [0.25, 0.3) is 10.9 Å². The van der Waals surface area contributed by atoms with Crippen LogP contribution in [-0.2, 0) is 22.5 Å². The summed E-state index contributed by atoms with van der Waals surface area (Å²) in [4.78, 5) is 31.4. The number of likely N-dealkylation sites (N-methyl/N-ethyl adjacent to an activating group) is 1. The van der Waals surface area contributed by atoms with E-state index >= 15 is 0 Å². The molecular formula is C34H46N4O5. The van der Waals surface area contributed by atoms with Crippen molar-refractivity contribution in [3.63, 3.8) is 0 Å². The number of aliphatic hydroxyl groups is 1. The van der Waals surface area contributed by atoms with E-state index in [-0.39, 0.29) is 23.8 Å². The lowest BCUT2D eigenvalue weighted by Crippen LogP contribution is -2.38. The Bertz CT molecular complexity index is 1400. The highest BCUT2D eigenvalue weighted by Crippen LogP contribution is 2.38. The van der Waals surface area contributed by atoms with Crippen LogP contribution in [0, 0.1) is 11.8 Å². The number of hydrogen-bond acceptors (Lipinski definition) is 7. The lowest BCUT2D eigenvalue weighted by Gasteiger charge is -2.22. The molecule has 1 aliphatic heterocycles. The number of nitrogens with zero attached hydrogens (tertiary/aromatic N) is 2. The number of benzene rings is 2. The van der Waals surface area contributed by atoms with Gasteiger partial charge in [-0.2, -0.15) is 0 Å². The number of aliphatic hydroxyl groups excluding tert-OH is 1. The number of phenolic OH excluding ortho intramolecular Hbond substituents is 1. The zero-order chi connectivity index (χ0) is 30.2. The van der Waals surface area contributed by atoms with Gasteiger partial charge < -0.3 is 30.2 Å². The second kappa shape index (κ2) is 15.0. The first-order valence-electron chi connectivity index (χ1n) is 15.8. The standard InChI is InChI=1S/C34H46N4O5/c1-2-38(17-16-35-20-31(40)28-10-12-30(39)34-29(28)11-13-32(41)36-34)33(42)15-19-43-18-14-24-6-8-25(9-7-24)21-37-22-26-4-3-5-27(26)23-37/h6-13,26-27,31,35,39-40H,2-5,14-23H2,1H3,(H,36,41)/t26-,27?,31-/m0/s1. The van der Waals surface area contributed by atoms with Crippen LogP contribution in [0.4, 0.5) is 0 Å². The lowest BCUT2D eigenvalue weighted by atomic mass is 10.0. The number of fused-ring (bicyclic) bond motifs is 2. The molecule has 232 valence electrons. The SMILES string of the molecule is CCN(CCNC[C@H](O)c1ccc(O)c2[nH]c(=O)ccc12)C(=O)CCOCCc1ccc(CN2CC3CCC[C@H]3C2)cc1. The fraction of sp³-hybridized carbons (Fsp3) is 0.529. The average Bonchev–Trinajstić information content (AvgIpc) is 3.60. The van der Waals surface area contributed by atoms with Gasteiger partial charge in [-0.15, -0.1) is 0 Å². The lowest BCUT2D eigenvalue weighted by molar-refractivity contribution is -0.132. The molecule has 3 aromatic rings. The number of phenols is 1. The third-order valence-corrected chi connectivity index (χ3v) is 9.12. The van der Waals surface area contributed by atoms with Crippen LogP contribution in [0.15, 0.2) is 53.3 Å². The second-order valence-corrected chi connectivity index (χ2v) is 12.1. The van der Waals surface area contributed by atoms with Crippen molar-refractivity contribution in [3.05, 3.63) is 75.6 Å². The zero-order valence-corrected chi connectivity index (χ0v) is 25.3. The first-order valence-corrected chi connectivity index (χ1v) is 15.8. The number of hydrogen-bond donors (Lipinski definition) is 4. The minimum absolute atomic E-state index is 0.0407. The maximum absolute atomic E-state index is 12.7. The van der Waals surface area contributed by atoms with Gasteiger partial charge in [0.1, 0.15) is 5.75 Å². The monoisotopic (exact) mass is 590 g/mol. The van der Waals surface area contributed by atoms with Crippen molar-refractivity contribution in [1.29, 1.82) is 0 Å². The van der Waals surface area contributed by atoms with Gasteiger partial charge in [0.15, 0.2) is 0 Å². The summed E-state index contributed by atoms with van der Waals surface area (Å²) in [5.74, 6) is 1.87. The van der Waals surface area contributed by atoms with Gasteiger partial charge in [-0.05, 0) is 66.8 Å².